The quantitative estimate of drug-likeness (QED) is 0.800. The van der Waals surface area contributed by atoms with E-state index in [9.17, 15) is 14.4 Å². The van der Waals surface area contributed by atoms with Crippen LogP contribution in [-0.4, -0.2) is 17.7 Å². The lowest BCUT2D eigenvalue weighted by Crippen LogP contribution is -2.35. The fourth-order valence-electron chi connectivity index (χ4n) is 1.54. The minimum absolute atomic E-state index is 0.0145. The zero-order chi connectivity index (χ0) is 13.1. The van der Waals surface area contributed by atoms with Gasteiger partial charge >= 0.3 is 6.03 Å². The van der Waals surface area contributed by atoms with E-state index in [1.165, 1.54) is 6.92 Å². The van der Waals surface area contributed by atoms with Crippen molar-refractivity contribution in [2.75, 3.05) is 5.32 Å². The Morgan fingerprint density at radius 2 is 1.94 bits per heavy atom. The molecule has 1 aliphatic rings. The van der Waals surface area contributed by atoms with Crippen molar-refractivity contribution in [1.82, 2.24) is 5.32 Å². The highest BCUT2D eigenvalue weighted by Crippen LogP contribution is 2.28. The van der Waals surface area contributed by atoms with Crippen LogP contribution in [0.2, 0.25) is 0 Å². The minimum Gasteiger partial charge on any atom is -0.308 e. The molecule has 1 aromatic carbocycles. The number of carbonyl (C=O) groups is 3. The van der Waals surface area contributed by atoms with Crippen molar-refractivity contribution in [2.24, 2.45) is 5.92 Å². The lowest BCUT2D eigenvalue weighted by molar-refractivity contribution is -0.121. The van der Waals surface area contributed by atoms with Crippen LogP contribution in [0.5, 0.6) is 0 Å². The number of anilines is 1. The average molecular weight is 246 g/mol. The highest BCUT2D eigenvalue weighted by molar-refractivity contribution is 6.03. The second-order valence-electron chi connectivity index (χ2n) is 4.35. The molecule has 1 saturated carbocycles. The van der Waals surface area contributed by atoms with E-state index in [4.69, 9.17) is 0 Å². The van der Waals surface area contributed by atoms with Gasteiger partial charge in [-0.05, 0) is 31.9 Å². The van der Waals surface area contributed by atoms with E-state index in [-0.39, 0.29) is 17.6 Å². The fraction of sp³-hybridized carbons (Fsp3) is 0.308. The Hall–Kier alpha value is -2.17. The second-order valence-corrected chi connectivity index (χ2v) is 4.35. The molecule has 94 valence electrons. The molecule has 0 saturated heterocycles. The zero-order valence-corrected chi connectivity index (χ0v) is 10.0. The summed E-state index contributed by atoms with van der Waals surface area (Å²) in [6.45, 7) is 1.45. The van der Waals surface area contributed by atoms with Crippen LogP contribution in [0.3, 0.4) is 0 Å². The summed E-state index contributed by atoms with van der Waals surface area (Å²) in [7, 11) is 0. The number of rotatable bonds is 3. The first-order valence-corrected chi connectivity index (χ1v) is 5.79. The Morgan fingerprint density at radius 1 is 1.22 bits per heavy atom. The van der Waals surface area contributed by atoms with Gasteiger partial charge in [0.2, 0.25) is 5.91 Å². The summed E-state index contributed by atoms with van der Waals surface area (Å²) in [4.78, 5) is 34.0. The van der Waals surface area contributed by atoms with E-state index < -0.39 is 6.03 Å². The Bertz CT molecular complexity index is 507. The van der Waals surface area contributed by atoms with Crippen LogP contribution in [0.1, 0.15) is 30.1 Å². The number of amides is 3. The number of urea groups is 1. The summed E-state index contributed by atoms with van der Waals surface area (Å²) in [5.41, 5.74) is 1.00. The van der Waals surface area contributed by atoms with Crippen molar-refractivity contribution in [3.8, 4) is 0 Å². The summed E-state index contributed by atoms with van der Waals surface area (Å²) in [6, 6.07) is 6.01. The summed E-state index contributed by atoms with van der Waals surface area (Å²) < 4.78 is 0. The molecule has 0 bridgehead atoms. The molecule has 1 fully saturated rings. The molecule has 0 aromatic heterocycles. The molecule has 0 atom stereocenters. The van der Waals surface area contributed by atoms with Gasteiger partial charge in [-0.2, -0.15) is 0 Å². The van der Waals surface area contributed by atoms with Gasteiger partial charge in [0.05, 0.1) is 0 Å². The molecule has 1 aliphatic carbocycles. The maximum Gasteiger partial charge on any atom is 0.325 e. The summed E-state index contributed by atoms with van der Waals surface area (Å²) in [5, 5.41) is 4.79. The van der Waals surface area contributed by atoms with Crippen LogP contribution in [0.4, 0.5) is 10.5 Å². The molecule has 0 aliphatic heterocycles. The van der Waals surface area contributed by atoms with Crippen molar-refractivity contribution in [3.05, 3.63) is 29.8 Å². The molecule has 0 heterocycles. The highest BCUT2D eigenvalue weighted by Gasteiger charge is 2.30. The molecule has 5 nitrogen and oxygen atoms in total. The summed E-state index contributed by atoms with van der Waals surface area (Å²) in [6.07, 6.45) is 1.69. The number of ketones is 1. The van der Waals surface area contributed by atoms with Crippen LogP contribution in [0.15, 0.2) is 24.3 Å². The van der Waals surface area contributed by atoms with Crippen LogP contribution >= 0.6 is 0 Å². The largest absolute Gasteiger partial charge is 0.325 e. The molecule has 0 unspecified atom stereocenters. The van der Waals surface area contributed by atoms with Gasteiger partial charge in [0.1, 0.15) is 0 Å². The fourth-order valence-corrected chi connectivity index (χ4v) is 1.54. The summed E-state index contributed by atoms with van der Waals surface area (Å²) >= 11 is 0. The number of Topliss-reactive ketones (excluding diaryl/α,β-unsaturated/α-hetero) is 1. The van der Waals surface area contributed by atoms with Crippen LogP contribution in [-0.2, 0) is 4.79 Å². The van der Waals surface area contributed by atoms with E-state index in [0.717, 1.165) is 12.8 Å². The summed E-state index contributed by atoms with van der Waals surface area (Å²) in [5.74, 6) is -0.331. The number of hydrogen-bond acceptors (Lipinski definition) is 3. The number of carbonyl (C=O) groups excluding carboxylic acids is 3. The number of benzene rings is 1. The number of imide groups is 1. The molecule has 18 heavy (non-hydrogen) atoms. The third-order valence-electron chi connectivity index (χ3n) is 2.71. The molecule has 0 radical (unpaired) electrons. The first kappa shape index (κ1) is 12.3. The van der Waals surface area contributed by atoms with Gasteiger partial charge in [-0.1, -0.05) is 12.1 Å². The molecule has 3 amide bonds. The molecular formula is C13H14N2O3. The van der Waals surface area contributed by atoms with Gasteiger partial charge in [-0.3, -0.25) is 14.9 Å². The normalized spacial score (nSPS) is 13.8. The molecule has 2 rings (SSSR count). The van der Waals surface area contributed by atoms with E-state index in [1.54, 1.807) is 24.3 Å². The molecule has 1 aromatic rings. The lowest BCUT2D eigenvalue weighted by Gasteiger charge is -2.07. The van der Waals surface area contributed by atoms with Crippen molar-refractivity contribution >= 4 is 23.4 Å². The standard InChI is InChI=1S/C13H14N2O3/c1-8(16)10-3-2-4-11(7-10)14-13(18)15-12(17)9-5-6-9/h2-4,7,9H,5-6H2,1H3,(H2,14,15,17,18). The Kier molecular flexibility index (Phi) is 3.41. The molecule has 0 spiro atoms. The second kappa shape index (κ2) is 5.00. The van der Waals surface area contributed by atoms with Crippen LogP contribution < -0.4 is 10.6 Å². The van der Waals surface area contributed by atoms with Crippen molar-refractivity contribution in [1.29, 1.82) is 0 Å². The molecule has 5 heteroatoms. The van der Waals surface area contributed by atoms with Gasteiger partial charge in [0.25, 0.3) is 0 Å². The van der Waals surface area contributed by atoms with E-state index in [2.05, 4.69) is 10.6 Å². The van der Waals surface area contributed by atoms with Gasteiger partial charge in [-0.15, -0.1) is 0 Å². The predicted octanol–water partition coefficient (Wildman–Crippen LogP) is 1.95. The highest BCUT2D eigenvalue weighted by atomic mass is 16.2. The van der Waals surface area contributed by atoms with Crippen molar-refractivity contribution < 1.29 is 14.4 Å². The minimum atomic E-state index is -0.562. The van der Waals surface area contributed by atoms with Gasteiger partial charge in [0, 0.05) is 17.2 Å². The van der Waals surface area contributed by atoms with Crippen molar-refractivity contribution in [2.45, 2.75) is 19.8 Å². The zero-order valence-electron chi connectivity index (χ0n) is 10.0. The van der Waals surface area contributed by atoms with Crippen LogP contribution in [0, 0.1) is 5.92 Å². The maximum absolute atomic E-state index is 11.5. The topological polar surface area (TPSA) is 75.3 Å². The number of hydrogen-bond donors (Lipinski definition) is 2. The predicted molar refractivity (Wildman–Crippen MR) is 66.3 cm³/mol. The first-order chi connectivity index (χ1) is 8.56. The SMILES string of the molecule is CC(=O)c1cccc(NC(=O)NC(=O)C2CC2)c1. The van der Waals surface area contributed by atoms with Gasteiger partial charge in [0.15, 0.2) is 5.78 Å². The Labute approximate surface area is 105 Å². The van der Waals surface area contributed by atoms with Gasteiger partial charge in [-0.25, -0.2) is 4.79 Å². The van der Waals surface area contributed by atoms with E-state index in [1.807, 2.05) is 0 Å². The monoisotopic (exact) mass is 246 g/mol. The van der Waals surface area contributed by atoms with E-state index in [0.29, 0.717) is 11.3 Å². The third-order valence-corrected chi connectivity index (χ3v) is 2.71. The lowest BCUT2D eigenvalue weighted by atomic mass is 10.1. The van der Waals surface area contributed by atoms with Gasteiger partial charge < -0.3 is 5.32 Å². The number of nitrogens with one attached hydrogen (secondary N) is 2. The maximum atomic E-state index is 11.5. The van der Waals surface area contributed by atoms with E-state index >= 15 is 0 Å². The third kappa shape index (κ3) is 3.16. The van der Waals surface area contributed by atoms with Crippen molar-refractivity contribution in [3.63, 3.8) is 0 Å². The smallest absolute Gasteiger partial charge is 0.308 e. The Balaban J connectivity index is 1.95. The molecule has 2 N–H and O–H groups in total. The Morgan fingerprint density at radius 3 is 2.56 bits per heavy atom. The average Bonchev–Trinajstić information content (AvgIpc) is 3.12. The molecular weight excluding hydrogens is 232 g/mol. The van der Waals surface area contributed by atoms with Crippen LogP contribution in [0.25, 0.3) is 0 Å². The first-order valence-electron chi connectivity index (χ1n) is 5.79.